The molecule has 0 fully saturated rings. The smallest absolute Gasteiger partial charge is 0.407 e. The zero-order valence-corrected chi connectivity index (χ0v) is 10.9. The molecule has 0 aliphatic carbocycles. The second-order valence-corrected chi connectivity index (χ2v) is 5.23. The Kier molecular flexibility index (Phi) is 6.08. The molecular formula is C12H23NO3. The van der Waals surface area contributed by atoms with Crippen LogP contribution in [-0.4, -0.2) is 24.0 Å². The van der Waals surface area contributed by atoms with Gasteiger partial charge in [-0.1, -0.05) is 6.92 Å². The van der Waals surface area contributed by atoms with E-state index in [0.717, 1.165) is 6.42 Å². The number of hydrogen-bond donors (Lipinski definition) is 1. The molecule has 0 unspecified atom stereocenters. The molecule has 1 atom stereocenters. The van der Waals surface area contributed by atoms with Crippen LogP contribution in [-0.2, 0) is 9.53 Å². The van der Waals surface area contributed by atoms with Crippen LogP contribution in [0.1, 0.15) is 47.5 Å². The van der Waals surface area contributed by atoms with Crippen LogP contribution in [0, 0.1) is 5.92 Å². The van der Waals surface area contributed by atoms with Gasteiger partial charge in [0.05, 0.1) is 0 Å². The minimum Gasteiger partial charge on any atom is -0.444 e. The van der Waals surface area contributed by atoms with E-state index in [2.05, 4.69) is 5.32 Å². The van der Waals surface area contributed by atoms with Crippen LogP contribution in [0.4, 0.5) is 4.79 Å². The third kappa shape index (κ3) is 9.49. The van der Waals surface area contributed by atoms with Gasteiger partial charge in [-0.05, 0) is 40.0 Å². The highest BCUT2D eigenvalue weighted by Gasteiger charge is 2.15. The molecule has 0 saturated heterocycles. The van der Waals surface area contributed by atoms with Gasteiger partial charge in [0.2, 0.25) is 0 Å². The van der Waals surface area contributed by atoms with Crippen molar-refractivity contribution < 1.29 is 14.3 Å². The SMILES string of the molecule is CC(=O)C[C@@H](C)CCNC(=O)OC(C)(C)C. The monoisotopic (exact) mass is 229 g/mol. The fourth-order valence-corrected chi connectivity index (χ4v) is 1.33. The van der Waals surface area contributed by atoms with Crippen molar-refractivity contribution in [3.63, 3.8) is 0 Å². The number of hydrogen-bond acceptors (Lipinski definition) is 3. The van der Waals surface area contributed by atoms with Gasteiger partial charge in [0.1, 0.15) is 11.4 Å². The Balaban J connectivity index is 3.66. The molecule has 94 valence electrons. The van der Waals surface area contributed by atoms with E-state index in [1.165, 1.54) is 0 Å². The number of carbonyl (C=O) groups excluding carboxylic acids is 2. The number of rotatable bonds is 5. The molecule has 4 heteroatoms. The minimum atomic E-state index is -0.463. The van der Waals surface area contributed by atoms with Crippen molar-refractivity contribution in [1.29, 1.82) is 0 Å². The van der Waals surface area contributed by atoms with Crippen LogP contribution in [0.25, 0.3) is 0 Å². The highest BCUT2D eigenvalue weighted by Crippen LogP contribution is 2.08. The van der Waals surface area contributed by atoms with Crippen LogP contribution >= 0.6 is 0 Å². The summed E-state index contributed by atoms with van der Waals surface area (Å²) in [4.78, 5) is 22.1. The lowest BCUT2D eigenvalue weighted by atomic mass is 10.0. The van der Waals surface area contributed by atoms with Crippen molar-refractivity contribution in [1.82, 2.24) is 5.32 Å². The summed E-state index contributed by atoms with van der Waals surface area (Å²) in [5, 5.41) is 2.67. The van der Waals surface area contributed by atoms with E-state index in [1.54, 1.807) is 6.92 Å². The van der Waals surface area contributed by atoms with Gasteiger partial charge in [-0.2, -0.15) is 0 Å². The van der Waals surface area contributed by atoms with Crippen LogP contribution in [0.5, 0.6) is 0 Å². The normalized spacial score (nSPS) is 13.1. The number of ether oxygens (including phenoxy) is 1. The van der Waals surface area contributed by atoms with Gasteiger partial charge in [-0.15, -0.1) is 0 Å². The molecule has 1 amide bonds. The summed E-state index contributed by atoms with van der Waals surface area (Å²) in [6.45, 7) is 9.60. The largest absolute Gasteiger partial charge is 0.444 e. The molecule has 0 spiro atoms. The molecule has 4 nitrogen and oxygen atoms in total. The molecule has 0 bridgehead atoms. The highest BCUT2D eigenvalue weighted by atomic mass is 16.6. The highest BCUT2D eigenvalue weighted by molar-refractivity contribution is 5.75. The van der Waals surface area contributed by atoms with Crippen molar-refractivity contribution in [2.24, 2.45) is 5.92 Å². The lowest BCUT2D eigenvalue weighted by Crippen LogP contribution is -2.33. The van der Waals surface area contributed by atoms with E-state index in [-0.39, 0.29) is 5.78 Å². The third-order valence-electron chi connectivity index (χ3n) is 1.94. The van der Waals surface area contributed by atoms with Crippen LogP contribution in [0.3, 0.4) is 0 Å². The standard InChI is InChI=1S/C12H23NO3/c1-9(8-10(2)14)6-7-13-11(15)16-12(3,4)5/h9H,6-8H2,1-5H3,(H,13,15)/t9-/m0/s1. The molecule has 16 heavy (non-hydrogen) atoms. The van der Waals surface area contributed by atoms with E-state index in [4.69, 9.17) is 4.74 Å². The topological polar surface area (TPSA) is 55.4 Å². The Morgan fingerprint density at radius 1 is 1.31 bits per heavy atom. The van der Waals surface area contributed by atoms with Gasteiger partial charge >= 0.3 is 6.09 Å². The molecule has 0 rings (SSSR count). The first-order valence-corrected chi connectivity index (χ1v) is 5.67. The number of carbonyl (C=O) groups is 2. The van der Waals surface area contributed by atoms with E-state index in [1.807, 2.05) is 27.7 Å². The Bertz CT molecular complexity index is 243. The minimum absolute atomic E-state index is 0.185. The van der Waals surface area contributed by atoms with E-state index in [9.17, 15) is 9.59 Å². The Morgan fingerprint density at radius 2 is 1.88 bits per heavy atom. The molecule has 0 aromatic rings. The summed E-state index contributed by atoms with van der Waals surface area (Å²) in [6.07, 6.45) is 0.956. The summed E-state index contributed by atoms with van der Waals surface area (Å²) < 4.78 is 5.08. The maximum Gasteiger partial charge on any atom is 0.407 e. The zero-order chi connectivity index (χ0) is 12.8. The lowest BCUT2D eigenvalue weighted by Gasteiger charge is -2.20. The molecule has 0 saturated carbocycles. The van der Waals surface area contributed by atoms with Crippen molar-refractivity contribution in [2.75, 3.05) is 6.54 Å². The van der Waals surface area contributed by atoms with Gasteiger partial charge in [-0.3, -0.25) is 0 Å². The summed E-state index contributed by atoms with van der Waals surface area (Å²) in [5.74, 6) is 0.484. The van der Waals surface area contributed by atoms with E-state index in [0.29, 0.717) is 18.9 Å². The average Bonchev–Trinajstić information content (AvgIpc) is 1.98. The third-order valence-corrected chi connectivity index (χ3v) is 1.94. The van der Waals surface area contributed by atoms with E-state index >= 15 is 0 Å². The Morgan fingerprint density at radius 3 is 2.31 bits per heavy atom. The first-order chi connectivity index (χ1) is 7.20. The first kappa shape index (κ1) is 14.9. The van der Waals surface area contributed by atoms with Crippen molar-refractivity contribution >= 4 is 11.9 Å². The summed E-state index contributed by atoms with van der Waals surface area (Å²) in [7, 11) is 0. The summed E-state index contributed by atoms with van der Waals surface area (Å²) in [5.41, 5.74) is -0.463. The summed E-state index contributed by atoms with van der Waals surface area (Å²) in [6, 6.07) is 0. The van der Waals surface area contributed by atoms with Gasteiger partial charge in [0, 0.05) is 13.0 Å². The number of alkyl carbamates (subject to hydrolysis) is 1. The van der Waals surface area contributed by atoms with Gasteiger partial charge in [-0.25, -0.2) is 4.79 Å². The number of amides is 1. The fraction of sp³-hybridized carbons (Fsp3) is 0.833. The fourth-order valence-electron chi connectivity index (χ4n) is 1.33. The van der Waals surface area contributed by atoms with Crippen molar-refractivity contribution in [3.05, 3.63) is 0 Å². The van der Waals surface area contributed by atoms with Gasteiger partial charge < -0.3 is 14.8 Å². The number of nitrogens with one attached hydrogen (secondary N) is 1. The molecule has 0 aromatic carbocycles. The number of ketones is 1. The van der Waals surface area contributed by atoms with Gasteiger partial charge in [0.25, 0.3) is 0 Å². The molecule has 0 aliphatic heterocycles. The van der Waals surface area contributed by atoms with Crippen molar-refractivity contribution in [3.8, 4) is 0 Å². The predicted molar refractivity (Wildman–Crippen MR) is 63.3 cm³/mol. The number of Topliss-reactive ketones (excluding diaryl/α,β-unsaturated/α-hetero) is 1. The summed E-state index contributed by atoms with van der Waals surface area (Å²) >= 11 is 0. The molecule has 1 N–H and O–H groups in total. The lowest BCUT2D eigenvalue weighted by molar-refractivity contribution is -0.117. The maximum absolute atomic E-state index is 11.3. The van der Waals surface area contributed by atoms with Crippen LogP contribution < -0.4 is 5.32 Å². The Hall–Kier alpha value is -1.06. The second-order valence-electron chi connectivity index (χ2n) is 5.23. The second kappa shape index (κ2) is 6.51. The average molecular weight is 229 g/mol. The van der Waals surface area contributed by atoms with Crippen LogP contribution in [0.15, 0.2) is 0 Å². The van der Waals surface area contributed by atoms with E-state index < -0.39 is 11.7 Å². The van der Waals surface area contributed by atoms with Crippen LogP contribution in [0.2, 0.25) is 0 Å². The van der Waals surface area contributed by atoms with Gasteiger partial charge in [0.15, 0.2) is 0 Å². The van der Waals surface area contributed by atoms with Crippen molar-refractivity contribution in [2.45, 2.75) is 53.1 Å². The first-order valence-electron chi connectivity index (χ1n) is 5.67. The molecule has 0 aromatic heterocycles. The maximum atomic E-state index is 11.3. The quantitative estimate of drug-likeness (QED) is 0.788. The molecular weight excluding hydrogens is 206 g/mol. The predicted octanol–water partition coefficient (Wildman–Crippen LogP) is 2.52. The Labute approximate surface area is 97.7 Å². The zero-order valence-electron chi connectivity index (χ0n) is 10.9. The molecule has 0 radical (unpaired) electrons. The molecule has 0 heterocycles. The molecule has 0 aliphatic rings.